The Morgan fingerprint density at radius 3 is 2.85 bits per heavy atom. The Bertz CT molecular complexity index is 598. The maximum atomic E-state index is 5.85. The van der Waals surface area contributed by atoms with Gasteiger partial charge in [0.05, 0.1) is 7.11 Å². The molecule has 1 aliphatic rings. The highest BCUT2D eigenvalue weighted by Gasteiger charge is 2.30. The number of nitrogens with zero attached hydrogens (tertiary/aromatic N) is 3. The molecule has 1 aromatic heterocycles. The molecule has 5 heteroatoms. The molecule has 1 aromatic carbocycles. The second-order valence-electron chi connectivity index (χ2n) is 5.02. The molecule has 0 radical (unpaired) electrons. The van der Waals surface area contributed by atoms with Gasteiger partial charge in [0.2, 0.25) is 5.88 Å². The molecule has 0 saturated heterocycles. The van der Waals surface area contributed by atoms with E-state index in [-0.39, 0.29) is 0 Å². The van der Waals surface area contributed by atoms with E-state index in [0.29, 0.717) is 11.9 Å². The molecule has 2 N–H and O–H groups in total. The Hall–Kier alpha value is -2.30. The largest absolute Gasteiger partial charge is 0.481 e. The van der Waals surface area contributed by atoms with Gasteiger partial charge in [0.1, 0.15) is 12.1 Å². The Morgan fingerprint density at radius 2 is 2.15 bits per heavy atom. The molecule has 0 aliphatic heterocycles. The lowest BCUT2D eigenvalue weighted by atomic mass is 10.2. The molecule has 0 unspecified atom stereocenters. The molecule has 1 heterocycles. The molecule has 5 nitrogen and oxygen atoms in total. The number of hydrogen-bond donors (Lipinski definition) is 1. The molecule has 20 heavy (non-hydrogen) atoms. The minimum atomic E-state index is 0.552. The van der Waals surface area contributed by atoms with Crippen LogP contribution in [0.5, 0.6) is 5.88 Å². The molecule has 1 fully saturated rings. The Labute approximate surface area is 118 Å². The molecule has 3 rings (SSSR count). The Morgan fingerprint density at radius 1 is 1.30 bits per heavy atom. The lowest BCUT2D eigenvalue weighted by molar-refractivity contribution is 0.396. The predicted octanol–water partition coefficient (Wildman–Crippen LogP) is 2.24. The van der Waals surface area contributed by atoms with Gasteiger partial charge in [-0.15, -0.1) is 0 Å². The van der Waals surface area contributed by atoms with Gasteiger partial charge in [-0.2, -0.15) is 0 Å². The highest BCUT2D eigenvalue weighted by molar-refractivity contribution is 5.47. The number of benzene rings is 1. The fourth-order valence-corrected chi connectivity index (χ4v) is 2.27. The van der Waals surface area contributed by atoms with Crippen LogP contribution in [-0.2, 0) is 6.54 Å². The van der Waals surface area contributed by atoms with Crippen LogP contribution in [0.15, 0.2) is 36.7 Å². The van der Waals surface area contributed by atoms with Crippen molar-refractivity contribution in [2.45, 2.75) is 25.4 Å². The van der Waals surface area contributed by atoms with Crippen LogP contribution in [0.25, 0.3) is 0 Å². The third kappa shape index (κ3) is 2.82. The van der Waals surface area contributed by atoms with Crippen LogP contribution < -0.4 is 15.4 Å². The summed E-state index contributed by atoms with van der Waals surface area (Å²) < 4.78 is 5.18. The molecule has 2 aromatic rings. The Balaban J connectivity index is 1.85. The number of hydrogen-bond acceptors (Lipinski definition) is 5. The molecule has 104 valence electrons. The first kappa shape index (κ1) is 12.7. The van der Waals surface area contributed by atoms with E-state index in [2.05, 4.69) is 20.9 Å². The summed E-state index contributed by atoms with van der Waals surface area (Å²) in [5.74, 6) is 1.50. The fourth-order valence-electron chi connectivity index (χ4n) is 2.27. The van der Waals surface area contributed by atoms with Crippen molar-refractivity contribution >= 4 is 11.5 Å². The van der Waals surface area contributed by atoms with Gasteiger partial charge in [0.15, 0.2) is 0 Å². The van der Waals surface area contributed by atoms with Crippen LogP contribution in [-0.4, -0.2) is 23.1 Å². The quantitative estimate of drug-likeness (QED) is 0.844. The zero-order valence-electron chi connectivity index (χ0n) is 11.5. The first-order valence-corrected chi connectivity index (χ1v) is 6.73. The van der Waals surface area contributed by atoms with Crippen molar-refractivity contribution in [2.75, 3.05) is 17.7 Å². The summed E-state index contributed by atoms with van der Waals surface area (Å²) in [4.78, 5) is 10.7. The third-order valence-electron chi connectivity index (χ3n) is 3.42. The van der Waals surface area contributed by atoms with Gasteiger partial charge in [-0.25, -0.2) is 9.97 Å². The second kappa shape index (κ2) is 5.36. The standard InChI is InChI=1S/C15H18N4O/c1-20-15-8-14(17-10-18-15)19(13-5-6-13)9-11-3-2-4-12(16)7-11/h2-4,7-8,10,13H,5-6,9,16H2,1H3. The van der Waals surface area contributed by atoms with Crippen molar-refractivity contribution < 1.29 is 4.74 Å². The number of anilines is 2. The maximum Gasteiger partial charge on any atom is 0.218 e. The monoisotopic (exact) mass is 270 g/mol. The molecular weight excluding hydrogens is 252 g/mol. The van der Waals surface area contributed by atoms with Gasteiger partial charge in [0.25, 0.3) is 0 Å². The van der Waals surface area contributed by atoms with E-state index in [1.807, 2.05) is 24.3 Å². The highest BCUT2D eigenvalue weighted by atomic mass is 16.5. The van der Waals surface area contributed by atoms with Gasteiger partial charge in [-0.1, -0.05) is 12.1 Å². The van der Waals surface area contributed by atoms with Crippen molar-refractivity contribution in [3.05, 3.63) is 42.2 Å². The average molecular weight is 270 g/mol. The van der Waals surface area contributed by atoms with E-state index in [9.17, 15) is 0 Å². The molecule has 1 aliphatic carbocycles. The van der Waals surface area contributed by atoms with Crippen molar-refractivity contribution in [2.24, 2.45) is 0 Å². The van der Waals surface area contributed by atoms with Crippen LogP contribution in [0, 0.1) is 0 Å². The molecule has 1 saturated carbocycles. The first-order chi connectivity index (χ1) is 9.76. The van der Waals surface area contributed by atoms with E-state index in [0.717, 1.165) is 18.1 Å². The lowest BCUT2D eigenvalue weighted by Gasteiger charge is -2.23. The van der Waals surface area contributed by atoms with Gasteiger partial charge in [0, 0.05) is 24.3 Å². The number of rotatable bonds is 5. The number of nitrogen functional groups attached to an aromatic ring is 1. The van der Waals surface area contributed by atoms with Crippen molar-refractivity contribution in [1.29, 1.82) is 0 Å². The first-order valence-electron chi connectivity index (χ1n) is 6.73. The normalized spacial score (nSPS) is 14.1. The molecule has 0 spiro atoms. The average Bonchev–Trinajstić information content (AvgIpc) is 3.29. The molecular formula is C15H18N4O. The van der Waals surface area contributed by atoms with E-state index >= 15 is 0 Å². The minimum absolute atomic E-state index is 0.552. The molecule has 0 amide bonds. The van der Waals surface area contributed by atoms with Crippen molar-refractivity contribution in [3.8, 4) is 5.88 Å². The van der Waals surface area contributed by atoms with E-state index in [4.69, 9.17) is 10.5 Å². The topological polar surface area (TPSA) is 64.3 Å². The van der Waals surface area contributed by atoms with Crippen LogP contribution in [0.3, 0.4) is 0 Å². The minimum Gasteiger partial charge on any atom is -0.481 e. The van der Waals surface area contributed by atoms with Gasteiger partial charge in [-0.05, 0) is 30.5 Å². The summed E-state index contributed by atoms with van der Waals surface area (Å²) in [6.45, 7) is 0.801. The summed E-state index contributed by atoms with van der Waals surface area (Å²) >= 11 is 0. The van der Waals surface area contributed by atoms with Gasteiger partial charge in [-0.3, -0.25) is 0 Å². The molecule has 0 atom stereocenters. The zero-order chi connectivity index (χ0) is 13.9. The van der Waals surface area contributed by atoms with Crippen molar-refractivity contribution in [3.63, 3.8) is 0 Å². The Kier molecular flexibility index (Phi) is 3.41. The maximum absolute atomic E-state index is 5.85. The fraction of sp³-hybridized carbons (Fsp3) is 0.333. The predicted molar refractivity (Wildman–Crippen MR) is 78.6 cm³/mol. The van der Waals surface area contributed by atoms with E-state index < -0.39 is 0 Å². The molecule has 0 bridgehead atoms. The second-order valence-corrected chi connectivity index (χ2v) is 5.02. The zero-order valence-corrected chi connectivity index (χ0v) is 11.5. The summed E-state index contributed by atoms with van der Waals surface area (Å²) in [6, 6.07) is 10.4. The van der Waals surface area contributed by atoms with Gasteiger partial charge < -0.3 is 15.4 Å². The highest BCUT2D eigenvalue weighted by Crippen LogP contribution is 2.32. The number of methoxy groups -OCH3 is 1. The summed E-state index contributed by atoms with van der Waals surface area (Å²) in [5.41, 5.74) is 7.83. The summed E-state index contributed by atoms with van der Waals surface area (Å²) in [7, 11) is 1.62. The smallest absolute Gasteiger partial charge is 0.218 e. The SMILES string of the molecule is COc1cc(N(Cc2cccc(N)c2)C2CC2)ncn1. The van der Waals surface area contributed by atoms with E-state index in [1.165, 1.54) is 18.4 Å². The van der Waals surface area contributed by atoms with E-state index in [1.54, 1.807) is 13.4 Å². The van der Waals surface area contributed by atoms with Crippen LogP contribution in [0.1, 0.15) is 18.4 Å². The number of aromatic nitrogens is 2. The lowest BCUT2D eigenvalue weighted by Crippen LogP contribution is -2.26. The summed E-state index contributed by atoms with van der Waals surface area (Å²) in [6.07, 6.45) is 3.95. The van der Waals surface area contributed by atoms with Crippen LogP contribution >= 0.6 is 0 Å². The number of ether oxygens (including phenoxy) is 1. The van der Waals surface area contributed by atoms with Gasteiger partial charge >= 0.3 is 0 Å². The van der Waals surface area contributed by atoms with Crippen molar-refractivity contribution in [1.82, 2.24) is 9.97 Å². The number of nitrogens with two attached hydrogens (primary N) is 1. The summed E-state index contributed by atoms with van der Waals surface area (Å²) in [5, 5.41) is 0. The third-order valence-corrected chi connectivity index (χ3v) is 3.42. The van der Waals surface area contributed by atoms with Crippen LogP contribution in [0.2, 0.25) is 0 Å². The van der Waals surface area contributed by atoms with Crippen LogP contribution in [0.4, 0.5) is 11.5 Å².